The summed E-state index contributed by atoms with van der Waals surface area (Å²) in [6.07, 6.45) is 3.33. The molecule has 0 atom stereocenters. The molecule has 0 aliphatic rings. The summed E-state index contributed by atoms with van der Waals surface area (Å²) < 4.78 is 5.14. The third-order valence-electron chi connectivity index (χ3n) is 2.48. The molecule has 0 aliphatic carbocycles. The fourth-order valence-electron chi connectivity index (χ4n) is 1.60. The summed E-state index contributed by atoms with van der Waals surface area (Å²) in [6, 6.07) is 10.5. The van der Waals surface area contributed by atoms with Gasteiger partial charge >= 0.3 is 0 Å². The van der Waals surface area contributed by atoms with Gasteiger partial charge < -0.3 is 9.63 Å². The number of phenols is 1. The predicted octanol–water partition coefficient (Wildman–Crippen LogP) is 2.50. The molecule has 0 aliphatic heterocycles. The van der Waals surface area contributed by atoms with Crippen LogP contribution in [0.1, 0.15) is 0 Å². The Hall–Kier alpha value is -2.69. The highest BCUT2D eigenvalue weighted by atomic mass is 16.5. The molecular weight excluding hydrogens is 230 g/mol. The molecule has 0 amide bonds. The fourth-order valence-corrected chi connectivity index (χ4v) is 1.60. The van der Waals surface area contributed by atoms with Crippen molar-refractivity contribution in [3.05, 3.63) is 48.8 Å². The SMILES string of the molecule is Oc1ccccc1-c1nc(-c2cccnc2)no1. The van der Waals surface area contributed by atoms with Gasteiger partial charge in [0.25, 0.3) is 5.89 Å². The van der Waals surface area contributed by atoms with Crippen molar-refractivity contribution in [1.82, 2.24) is 15.1 Å². The second kappa shape index (κ2) is 4.29. The van der Waals surface area contributed by atoms with Crippen LogP contribution in [0.3, 0.4) is 0 Å². The van der Waals surface area contributed by atoms with Crippen molar-refractivity contribution in [1.29, 1.82) is 0 Å². The minimum Gasteiger partial charge on any atom is -0.507 e. The maximum absolute atomic E-state index is 9.70. The number of pyridine rings is 1. The molecule has 18 heavy (non-hydrogen) atoms. The van der Waals surface area contributed by atoms with Crippen molar-refractivity contribution in [2.24, 2.45) is 0 Å². The van der Waals surface area contributed by atoms with Gasteiger partial charge in [0.1, 0.15) is 5.75 Å². The van der Waals surface area contributed by atoms with E-state index in [2.05, 4.69) is 15.1 Å². The summed E-state index contributed by atoms with van der Waals surface area (Å²) in [5, 5.41) is 13.6. The minimum atomic E-state index is 0.110. The van der Waals surface area contributed by atoms with Crippen LogP contribution in [0.15, 0.2) is 53.3 Å². The molecule has 88 valence electrons. The molecule has 5 heteroatoms. The molecule has 3 rings (SSSR count). The Morgan fingerprint density at radius 3 is 2.72 bits per heavy atom. The van der Waals surface area contributed by atoms with Gasteiger partial charge in [-0.15, -0.1) is 0 Å². The number of rotatable bonds is 2. The minimum absolute atomic E-state index is 0.110. The lowest BCUT2D eigenvalue weighted by molar-refractivity contribution is 0.425. The van der Waals surface area contributed by atoms with E-state index >= 15 is 0 Å². The Kier molecular flexibility index (Phi) is 2.49. The zero-order valence-electron chi connectivity index (χ0n) is 9.32. The summed E-state index contributed by atoms with van der Waals surface area (Å²) in [6.45, 7) is 0. The van der Waals surface area contributed by atoms with Gasteiger partial charge in [-0.3, -0.25) is 4.98 Å². The van der Waals surface area contributed by atoms with Crippen LogP contribution in [0, 0.1) is 0 Å². The van der Waals surface area contributed by atoms with Crippen LogP contribution >= 0.6 is 0 Å². The highest BCUT2D eigenvalue weighted by Crippen LogP contribution is 2.28. The first-order valence-corrected chi connectivity index (χ1v) is 5.37. The smallest absolute Gasteiger partial charge is 0.261 e. The molecule has 2 aromatic heterocycles. The van der Waals surface area contributed by atoms with Gasteiger partial charge in [-0.1, -0.05) is 17.3 Å². The van der Waals surface area contributed by atoms with E-state index in [-0.39, 0.29) is 11.6 Å². The average Bonchev–Trinajstić information content (AvgIpc) is 2.90. The van der Waals surface area contributed by atoms with E-state index in [0.29, 0.717) is 11.4 Å². The zero-order valence-corrected chi connectivity index (χ0v) is 9.32. The number of hydrogen-bond donors (Lipinski definition) is 1. The van der Waals surface area contributed by atoms with E-state index in [4.69, 9.17) is 4.52 Å². The topological polar surface area (TPSA) is 72.0 Å². The van der Waals surface area contributed by atoms with E-state index in [1.807, 2.05) is 6.07 Å². The van der Waals surface area contributed by atoms with Crippen LogP contribution in [0.25, 0.3) is 22.8 Å². The highest BCUT2D eigenvalue weighted by molar-refractivity contribution is 5.64. The summed E-state index contributed by atoms with van der Waals surface area (Å²) in [7, 11) is 0. The number of aromatic nitrogens is 3. The Morgan fingerprint density at radius 2 is 1.94 bits per heavy atom. The molecule has 0 saturated heterocycles. The number of aromatic hydroxyl groups is 1. The van der Waals surface area contributed by atoms with Gasteiger partial charge in [-0.05, 0) is 24.3 Å². The van der Waals surface area contributed by atoms with Crippen LogP contribution in [0.4, 0.5) is 0 Å². The molecule has 0 fully saturated rings. The van der Waals surface area contributed by atoms with Crippen molar-refractivity contribution < 1.29 is 9.63 Å². The van der Waals surface area contributed by atoms with Crippen LogP contribution in [-0.4, -0.2) is 20.2 Å². The number of para-hydroxylation sites is 1. The van der Waals surface area contributed by atoms with Gasteiger partial charge in [0.15, 0.2) is 0 Å². The van der Waals surface area contributed by atoms with Crippen molar-refractivity contribution in [2.45, 2.75) is 0 Å². The Balaban J connectivity index is 2.03. The molecule has 1 N–H and O–H groups in total. The molecule has 2 heterocycles. The lowest BCUT2D eigenvalue weighted by Crippen LogP contribution is -1.82. The quantitative estimate of drug-likeness (QED) is 0.743. The van der Waals surface area contributed by atoms with Crippen LogP contribution in [0.5, 0.6) is 5.75 Å². The van der Waals surface area contributed by atoms with Gasteiger partial charge in [-0.2, -0.15) is 4.98 Å². The lowest BCUT2D eigenvalue weighted by atomic mass is 10.2. The van der Waals surface area contributed by atoms with Gasteiger partial charge in [-0.25, -0.2) is 0 Å². The third-order valence-corrected chi connectivity index (χ3v) is 2.48. The summed E-state index contributed by atoms with van der Waals surface area (Å²) in [4.78, 5) is 8.22. The van der Waals surface area contributed by atoms with Crippen molar-refractivity contribution >= 4 is 0 Å². The second-order valence-electron chi connectivity index (χ2n) is 3.68. The van der Waals surface area contributed by atoms with Gasteiger partial charge in [0.2, 0.25) is 5.82 Å². The Bertz CT molecular complexity index is 665. The molecule has 0 unspecified atom stereocenters. The van der Waals surface area contributed by atoms with E-state index in [0.717, 1.165) is 5.56 Å². The largest absolute Gasteiger partial charge is 0.507 e. The fraction of sp³-hybridized carbons (Fsp3) is 0. The summed E-state index contributed by atoms with van der Waals surface area (Å²) >= 11 is 0. The number of nitrogens with zero attached hydrogens (tertiary/aromatic N) is 3. The number of hydrogen-bond acceptors (Lipinski definition) is 5. The first-order chi connectivity index (χ1) is 8.84. The summed E-state index contributed by atoms with van der Waals surface area (Å²) in [5.74, 6) is 0.840. The van der Waals surface area contributed by atoms with Crippen molar-refractivity contribution in [3.63, 3.8) is 0 Å². The van der Waals surface area contributed by atoms with Crippen LogP contribution in [0.2, 0.25) is 0 Å². The number of phenolic OH excluding ortho intramolecular Hbond substituents is 1. The first-order valence-electron chi connectivity index (χ1n) is 5.37. The first kappa shape index (κ1) is 10.5. The van der Waals surface area contributed by atoms with E-state index < -0.39 is 0 Å². The van der Waals surface area contributed by atoms with E-state index in [1.54, 1.807) is 42.7 Å². The molecular formula is C13H9N3O2. The van der Waals surface area contributed by atoms with Crippen molar-refractivity contribution in [3.8, 4) is 28.6 Å². The molecule has 5 nitrogen and oxygen atoms in total. The standard InChI is InChI=1S/C13H9N3O2/c17-11-6-2-1-5-10(11)13-15-12(16-18-13)9-4-3-7-14-8-9/h1-8,17H. The predicted molar refractivity (Wildman–Crippen MR) is 64.6 cm³/mol. The van der Waals surface area contributed by atoms with Crippen LogP contribution in [-0.2, 0) is 0 Å². The van der Waals surface area contributed by atoms with Gasteiger partial charge in [0, 0.05) is 18.0 Å². The second-order valence-corrected chi connectivity index (χ2v) is 3.68. The van der Waals surface area contributed by atoms with E-state index in [9.17, 15) is 5.11 Å². The van der Waals surface area contributed by atoms with Crippen molar-refractivity contribution in [2.75, 3.05) is 0 Å². The third kappa shape index (κ3) is 1.82. The number of benzene rings is 1. The molecule has 0 radical (unpaired) electrons. The maximum atomic E-state index is 9.70. The average molecular weight is 239 g/mol. The molecule has 0 saturated carbocycles. The zero-order chi connectivity index (χ0) is 12.4. The normalized spacial score (nSPS) is 10.4. The molecule has 1 aromatic carbocycles. The maximum Gasteiger partial charge on any atom is 0.261 e. The van der Waals surface area contributed by atoms with E-state index in [1.165, 1.54) is 0 Å². The van der Waals surface area contributed by atoms with Gasteiger partial charge in [0.05, 0.1) is 5.56 Å². The monoisotopic (exact) mass is 239 g/mol. The Labute approximate surface area is 103 Å². The molecule has 3 aromatic rings. The molecule has 0 spiro atoms. The lowest BCUT2D eigenvalue weighted by Gasteiger charge is -1.96. The summed E-state index contributed by atoms with van der Waals surface area (Å²) in [5.41, 5.74) is 1.28. The van der Waals surface area contributed by atoms with Crippen LogP contribution < -0.4 is 0 Å². The molecule has 0 bridgehead atoms. The Morgan fingerprint density at radius 1 is 1.06 bits per heavy atom. The highest BCUT2D eigenvalue weighted by Gasteiger charge is 2.13.